The van der Waals surface area contributed by atoms with Crippen LogP contribution in [0.15, 0.2) is 24.3 Å². The molecule has 0 bridgehead atoms. The smallest absolute Gasteiger partial charge is 0.326 e. The van der Waals surface area contributed by atoms with Crippen LogP contribution < -0.4 is 14.8 Å². The maximum atomic E-state index is 11.6. The SMILES string of the molecule is CCCOc1ccccc1OCC(NCC)C(=O)OC. The third-order valence-corrected chi connectivity index (χ3v) is 2.65. The van der Waals surface area contributed by atoms with Crippen molar-refractivity contribution in [2.45, 2.75) is 26.3 Å². The third kappa shape index (κ3) is 5.09. The molecule has 20 heavy (non-hydrogen) atoms. The molecule has 0 fully saturated rings. The van der Waals surface area contributed by atoms with E-state index in [0.717, 1.165) is 6.42 Å². The van der Waals surface area contributed by atoms with Crippen LogP contribution in [-0.2, 0) is 9.53 Å². The lowest BCUT2D eigenvalue weighted by Crippen LogP contribution is -2.42. The summed E-state index contributed by atoms with van der Waals surface area (Å²) in [6.07, 6.45) is 0.927. The van der Waals surface area contributed by atoms with E-state index in [2.05, 4.69) is 5.32 Å². The van der Waals surface area contributed by atoms with Gasteiger partial charge in [-0.25, -0.2) is 0 Å². The zero-order valence-corrected chi connectivity index (χ0v) is 12.3. The number of carbonyl (C=O) groups excluding carboxylic acids is 1. The number of nitrogens with one attached hydrogen (secondary N) is 1. The van der Waals surface area contributed by atoms with Crippen LogP contribution in [0.5, 0.6) is 11.5 Å². The fourth-order valence-electron chi connectivity index (χ4n) is 1.67. The van der Waals surface area contributed by atoms with Crippen molar-refractivity contribution in [1.82, 2.24) is 5.32 Å². The van der Waals surface area contributed by atoms with Gasteiger partial charge in [0.15, 0.2) is 11.5 Å². The Kier molecular flexibility index (Phi) is 7.50. The zero-order valence-electron chi connectivity index (χ0n) is 12.3. The Bertz CT molecular complexity index is 409. The van der Waals surface area contributed by atoms with Crippen molar-refractivity contribution in [2.75, 3.05) is 26.9 Å². The van der Waals surface area contributed by atoms with E-state index in [0.29, 0.717) is 24.7 Å². The van der Waals surface area contributed by atoms with Crippen LogP contribution in [0, 0.1) is 0 Å². The van der Waals surface area contributed by atoms with Crippen LogP contribution in [0.2, 0.25) is 0 Å². The molecule has 0 saturated heterocycles. The molecule has 0 aromatic heterocycles. The monoisotopic (exact) mass is 281 g/mol. The Hall–Kier alpha value is -1.75. The number of benzene rings is 1. The fourth-order valence-corrected chi connectivity index (χ4v) is 1.67. The number of ether oxygens (including phenoxy) is 3. The number of hydrogen-bond acceptors (Lipinski definition) is 5. The number of likely N-dealkylation sites (N-methyl/N-ethyl adjacent to an activating group) is 1. The average Bonchev–Trinajstić information content (AvgIpc) is 2.49. The van der Waals surface area contributed by atoms with E-state index in [-0.39, 0.29) is 12.6 Å². The van der Waals surface area contributed by atoms with Crippen LogP contribution >= 0.6 is 0 Å². The molecule has 0 saturated carbocycles. The van der Waals surface area contributed by atoms with Gasteiger partial charge in [-0.15, -0.1) is 0 Å². The van der Waals surface area contributed by atoms with Crippen LogP contribution in [0.25, 0.3) is 0 Å². The van der Waals surface area contributed by atoms with Gasteiger partial charge in [-0.2, -0.15) is 0 Å². The summed E-state index contributed by atoms with van der Waals surface area (Å²) in [7, 11) is 1.37. The van der Waals surface area contributed by atoms with Crippen LogP contribution in [-0.4, -0.2) is 38.9 Å². The van der Waals surface area contributed by atoms with E-state index in [1.54, 1.807) is 0 Å². The van der Waals surface area contributed by atoms with Gasteiger partial charge in [-0.1, -0.05) is 26.0 Å². The minimum atomic E-state index is -0.482. The highest BCUT2D eigenvalue weighted by atomic mass is 16.5. The van der Waals surface area contributed by atoms with Crippen LogP contribution in [0.1, 0.15) is 20.3 Å². The normalized spacial score (nSPS) is 11.8. The molecule has 0 radical (unpaired) electrons. The maximum absolute atomic E-state index is 11.6. The molecule has 0 spiro atoms. The second-order valence-corrected chi connectivity index (χ2v) is 4.24. The molecule has 1 unspecified atom stereocenters. The van der Waals surface area contributed by atoms with Crippen molar-refractivity contribution in [3.05, 3.63) is 24.3 Å². The quantitative estimate of drug-likeness (QED) is 0.702. The highest BCUT2D eigenvalue weighted by Gasteiger charge is 2.19. The van der Waals surface area contributed by atoms with Gasteiger partial charge in [0.25, 0.3) is 0 Å². The summed E-state index contributed by atoms with van der Waals surface area (Å²) in [6.45, 7) is 5.47. The van der Waals surface area contributed by atoms with Crippen molar-refractivity contribution < 1.29 is 19.0 Å². The first kappa shape index (κ1) is 16.3. The highest BCUT2D eigenvalue weighted by molar-refractivity contribution is 5.75. The van der Waals surface area contributed by atoms with E-state index in [4.69, 9.17) is 14.2 Å². The van der Waals surface area contributed by atoms with Gasteiger partial charge in [-0.05, 0) is 25.1 Å². The van der Waals surface area contributed by atoms with E-state index < -0.39 is 6.04 Å². The van der Waals surface area contributed by atoms with E-state index in [1.807, 2.05) is 38.1 Å². The summed E-state index contributed by atoms with van der Waals surface area (Å²) < 4.78 is 16.0. The van der Waals surface area contributed by atoms with Crippen molar-refractivity contribution in [1.29, 1.82) is 0 Å². The lowest BCUT2D eigenvalue weighted by atomic mass is 10.3. The third-order valence-electron chi connectivity index (χ3n) is 2.65. The standard InChI is InChI=1S/C15H23NO4/c1-4-10-19-13-8-6-7-9-14(13)20-11-12(16-5-2)15(17)18-3/h6-9,12,16H,4-5,10-11H2,1-3H3. The predicted molar refractivity (Wildman–Crippen MR) is 77.2 cm³/mol. The molecular weight excluding hydrogens is 258 g/mol. The van der Waals surface area contributed by atoms with Crippen molar-refractivity contribution >= 4 is 5.97 Å². The molecule has 0 amide bonds. The fraction of sp³-hybridized carbons (Fsp3) is 0.533. The first-order valence-electron chi connectivity index (χ1n) is 6.88. The summed E-state index contributed by atoms with van der Waals surface area (Å²) in [6, 6.07) is 6.95. The highest BCUT2D eigenvalue weighted by Crippen LogP contribution is 2.26. The van der Waals surface area contributed by atoms with Gasteiger partial charge < -0.3 is 19.5 Å². The summed E-state index contributed by atoms with van der Waals surface area (Å²) in [4.78, 5) is 11.6. The Balaban J connectivity index is 2.64. The number of hydrogen-bond donors (Lipinski definition) is 1. The van der Waals surface area contributed by atoms with Gasteiger partial charge >= 0.3 is 5.97 Å². The first-order valence-corrected chi connectivity index (χ1v) is 6.88. The summed E-state index contributed by atoms with van der Waals surface area (Å²) in [5.74, 6) is 0.987. The first-order chi connectivity index (χ1) is 9.72. The molecule has 0 aliphatic rings. The number of methoxy groups -OCH3 is 1. The summed E-state index contributed by atoms with van der Waals surface area (Å²) in [5.41, 5.74) is 0. The molecule has 112 valence electrons. The Morgan fingerprint density at radius 1 is 1.20 bits per heavy atom. The molecule has 5 heteroatoms. The molecule has 0 heterocycles. The minimum Gasteiger partial charge on any atom is -0.490 e. The van der Waals surface area contributed by atoms with Crippen LogP contribution in [0.3, 0.4) is 0 Å². The van der Waals surface area contributed by atoms with Crippen LogP contribution in [0.4, 0.5) is 0 Å². The molecule has 1 aromatic carbocycles. The topological polar surface area (TPSA) is 56.8 Å². The summed E-state index contributed by atoms with van der Waals surface area (Å²) in [5, 5.41) is 3.03. The minimum absolute atomic E-state index is 0.201. The van der Waals surface area contributed by atoms with Crippen molar-refractivity contribution in [3.8, 4) is 11.5 Å². The van der Waals surface area contributed by atoms with Gasteiger partial charge in [0.2, 0.25) is 0 Å². The molecule has 1 N–H and O–H groups in total. The maximum Gasteiger partial charge on any atom is 0.326 e. The molecule has 1 atom stereocenters. The molecule has 1 aromatic rings. The van der Waals surface area contributed by atoms with E-state index in [1.165, 1.54) is 7.11 Å². The Morgan fingerprint density at radius 2 is 1.85 bits per heavy atom. The Labute approximate surface area is 120 Å². The van der Waals surface area contributed by atoms with Crippen molar-refractivity contribution in [3.63, 3.8) is 0 Å². The number of esters is 1. The van der Waals surface area contributed by atoms with Gasteiger partial charge in [0, 0.05) is 0 Å². The second kappa shape index (κ2) is 9.20. The van der Waals surface area contributed by atoms with Gasteiger partial charge in [-0.3, -0.25) is 4.79 Å². The second-order valence-electron chi connectivity index (χ2n) is 4.24. The zero-order chi connectivity index (χ0) is 14.8. The molecule has 0 aliphatic heterocycles. The molecule has 0 aliphatic carbocycles. The number of rotatable bonds is 9. The lowest BCUT2D eigenvalue weighted by Gasteiger charge is -2.17. The van der Waals surface area contributed by atoms with E-state index >= 15 is 0 Å². The largest absolute Gasteiger partial charge is 0.490 e. The van der Waals surface area contributed by atoms with E-state index in [9.17, 15) is 4.79 Å². The number of carbonyl (C=O) groups is 1. The molecule has 5 nitrogen and oxygen atoms in total. The van der Waals surface area contributed by atoms with Gasteiger partial charge in [0.05, 0.1) is 13.7 Å². The average molecular weight is 281 g/mol. The molecule has 1 rings (SSSR count). The molecular formula is C15H23NO4. The summed E-state index contributed by atoms with van der Waals surface area (Å²) >= 11 is 0. The van der Waals surface area contributed by atoms with Crippen molar-refractivity contribution in [2.24, 2.45) is 0 Å². The Morgan fingerprint density at radius 3 is 2.40 bits per heavy atom. The number of para-hydroxylation sites is 2. The lowest BCUT2D eigenvalue weighted by molar-refractivity contribution is -0.143. The van der Waals surface area contributed by atoms with Gasteiger partial charge in [0.1, 0.15) is 12.6 Å². The predicted octanol–water partition coefficient (Wildman–Crippen LogP) is 2.01.